The molecule has 6 nitrogen and oxygen atoms in total. The van der Waals surface area contributed by atoms with Crippen LogP contribution in [0.1, 0.15) is 50.4 Å². The Bertz CT molecular complexity index is 558. The molecule has 0 aromatic carbocycles. The Labute approximate surface area is 136 Å². The van der Waals surface area contributed by atoms with Crippen LogP contribution in [0.25, 0.3) is 0 Å². The van der Waals surface area contributed by atoms with Crippen molar-refractivity contribution in [3.8, 4) is 0 Å². The number of pyridine rings is 1. The number of hydrogen-bond acceptors (Lipinski definition) is 4. The highest BCUT2D eigenvalue weighted by molar-refractivity contribution is 5.92. The van der Waals surface area contributed by atoms with Crippen molar-refractivity contribution in [3.05, 3.63) is 35.3 Å². The van der Waals surface area contributed by atoms with Gasteiger partial charge in [0.1, 0.15) is 0 Å². The van der Waals surface area contributed by atoms with Gasteiger partial charge < -0.3 is 15.3 Å². The lowest BCUT2D eigenvalue weighted by molar-refractivity contribution is -0.605. The van der Waals surface area contributed by atoms with Gasteiger partial charge in [-0.2, -0.15) is 4.73 Å². The molecule has 1 N–H and O–H groups in total. The van der Waals surface area contributed by atoms with E-state index < -0.39 is 12.1 Å². The van der Waals surface area contributed by atoms with Crippen molar-refractivity contribution in [2.45, 2.75) is 52.2 Å². The van der Waals surface area contributed by atoms with Crippen molar-refractivity contribution in [1.82, 2.24) is 5.32 Å². The first-order valence-corrected chi connectivity index (χ1v) is 8.08. The van der Waals surface area contributed by atoms with Gasteiger partial charge in [0.15, 0.2) is 18.5 Å². The largest absolute Gasteiger partial charge is 0.619 e. The standard InChI is InChI=1S/C17H24N2O4/c1-11-5-4-6-15(12(11)2)18-16(20)13(3)23-17(21)14-7-9-19(22)10-8-14/h7-13,15H,4-6H2,1-3H3,(H,18,20)/t11-,12-,13-,15+/m1/s1. The monoisotopic (exact) mass is 320 g/mol. The molecular weight excluding hydrogens is 296 g/mol. The third kappa shape index (κ3) is 4.43. The fourth-order valence-corrected chi connectivity index (χ4v) is 2.92. The Kier molecular flexibility index (Phi) is 5.58. The van der Waals surface area contributed by atoms with Gasteiger partial charge in [0.05, 0.1) is 5.56 Å². The van der Waals surface area contributed by atoms with Crippen molar-refractivity contribution < 1.29 is 19.1 Å². The van der Waals surface area contributed by atoms with Crippen LogP contribution < -0.4 is 10.0 Å². The first-order chi connectivity index (χ1) is 10.9. The molecule has 1 fully saturated rings. The van der Waals surface area contributed by atoms with E-state index in [0.717, 1.165) is 12.8 Å². The lowest BCUT2D eigenvalue weighted by Gasteiger charge is -2.35. The minimum Gasteiger partial charge on any atom is -0.619 e. The van der Waals surface area contributed by atoms with Crippen molar-refractivity contribution in [2.24, 2.45) is 11.8 Å². The molecule has 1 amide bonds. The van der Waals surface area contributed by atoms with Crippen molar-refractivity contribution >= 4 is 11.9 Å². The zero-order valence-corrected chi connectivity index (χ0v) is 13.8. The van der Waals surface area contributed by atoms with Gasteiger partial charge in [-0.25, -0.2) is 4.79 Å². The van der Waals surface area contributed by atoms with Gasteiger partial charge in [-0.1, -0.05) is 26.7 Å². The quantitative estimate of drug-likeness (QED) is 0.521. The van der Waals surface area contributed by atoms with Crippen LogP contribution in [0.4, 0.5) is 0 Å². The summed E-state index contributed by atoms with van der Waals surface area (Å²) in [6, 6.07) is 2.86. The molecule has 0 radical (unpaired) electrons. The number of nitrogens with one attached hydrogen (secondary N) is 1. The molecule has 1 aliphatic carbocycles. The molecule has 1 aromatic heterocycles. The highest BCUT2D eigenvalue weighted by atomic mass is 16.5. The lowest BCUT2D eigenvalue weighted by atomic mass is 9.78. The molecule has 1 aromatic rings. The summed E-state index contributed by atoms with van der Waals surface area (Å²) in [5.74, 6) is 0.102. The Morgan fingerprint density at radius 3 is 2.61 bits per heavy atom. The number of nitrogens with zero attached hydrogens (tertiary/aromatic N) is 1. The van der Waals surface area contributed by atoms with E-state index in [1.807, 2.05) is 0 Å². The maximum atomic E-state index is 12.2. The average Bonchev–Trinajstić information content (AvgIpc) is 2.52. The zero-order chi connectivity index (χ0) is 17.0. The molecule has 126 valence electrons. The van der Waals surface area contributed by atoms with Gasteiger partial charge in [-0.15, -0.1) is 0 Å². The van der Waals surface area contributed by atoms with Crippen LogP contribution in [-0.4, -0.2) is 24.0 Å². The summed E-state index contributed by atoms with van der Waals surface area (Å²) in [7, 11) is 0. The Morgan fingerprint density at radius 2 is 1.96 bits per heavy atom. The van der Waals surface area contributed by atoms with Gasteiger partial charge in [-0.3, -0.25) is 4.79 Å². The normalized spacial score (nSPS) is 25.4. The molecule has 0 saturated heterocycles. The van der Waals surface area contributed by atoms with Crippen LogP contribution in [0, 0.1) is 17.0 Å². The van der Waals surface area contributed by atoms with E-state index in [4.69, 9.17) is 4.74 Å². The highest BCUT2D eigenvalue weighted by Crippen LogP contribution is 2.29. The first kappa shape index (κ1) is 17.2. The smallest absolute Gasteiger partial charge is 0.339 e. The number of carbonyl (C=O) groups is 2. The summed E-state index contributed by atoms with van der Waals surface area (Å²) in [6.45, 7) is 5.90. The Morgan fingerprint density at radius 1 is 1.30 bits per heavy atom. The van der Waals surface area contributed by atoms with Crippen LogP contribution in [0.2, 0.25) is 0 Å². The third-order valence-corrected chi connectivity index (χ3v) is 4.73. The van der Waals surface area contributed by atoms with Gasteiger partial charge in [0.2, 0.25) is 0 Å². The number of carbonyl (C=O) groups excluding carboxylic acids is 2. The zero-order valence-electron chi connectivity index (χ0n) is 13.8. The van der Waals surface area contributed by atoms with Gasteiger partial charge in [-0.05, 0) is 25.2 Å². The fourth-order valence-electron chi connectivity index (χ4n) is 2.92. The van der Waals surface area contributed by atoms with Crippen LogP contribution >= 0.6 is 0 Å². The molecule has 0 bridgehead atoms. The Balaban J connectivity index is 1.89. The SMILES string of the molecule is C[C@@H]1[C@H](C)CCC[C@@H]1NC(=O)[C@@H](C)OC(=O)c1cc[n+]([O-])cc1. The van der Waals surface area contributed by atoms with Crippen molar-refractivity contribution in [2.75, 3.05) is 0 Å². The minimum atomic E-state index is -0.869. The average molecular weight is 320 g/mol. The maximum Gasteiger partial charge on any atom is 0.339 e. The summed E-state index contributed by atoms with van der Waals surface area (Å²) in [5, 5.41) is 13.9. The summed E-state index contributed by atoms with van der Waals surface area (Å²) < 4.78 is 5.76. The molecule has 1 heterocycles. The molecule has 23 heavy (non-hydrogen) atoms. The molecule has 6 heteroatoms. The van der Waals surface area contributed by atoms with E-state index >= 15 is 0 Å². The molecule has 2 rings (SSSR count). The molecule has 1 saturated carbocycles. The number of aromatic nitrogens is 1. The highest BCUT2D eigenvalue weighted by Gasteiger charge is 2.30. The number of hydrogen-bond donors (Lipinski definition) is 1. The first-order valence-electron chi connectivity index (χ1n) is 8.08. The third-order valence-electron chi connectivity index (χ3n) is 4.73. The van der Waals surface area contributed by atoms with Crippen molar-refractivity contribution in [3.63, 3.8) is 0 Å². The summed E-state index contributed by atoms with van der Waals surface area (Å²) in [4.78, 5) is 24.2. The number of ether oxygens (including phenoxy) is 1. The second-order valence-electron chi connectivity index (χ2n) is 6.38. The van der Waals surface area contributed by atoms with E-state index in [1.165, 1.54) is 30.9 Å². The molecule has 0 unspecified atom stereocenters. The van der Waals surface area contributed by atoms with Crippen molar-refractivity contribution in [1.29, 1.82) is 0 Å². The van der Waals surface area contributed by atoms with Gasteiger partial charge in [0.25, 0.3) is 5.91 Å². The van der Waals surface area contributed by atoms with E-state index in [2.05, 4.69) is 19.2 Å². The number of amides is 1. The summed E-state index contributed by atoms with van der Waals surface area (Å²) >= 11 is 0. The number of esters is 1. The van der Waals surface area contributed by atoms with E-state index in [9.17, 15) is 14.8 Å². The molecule has 1 aliphatic rings. The van der Waals surface area contributed by atoms with Crippen LogP contribution in [0.5, 0.6) is 0 Å². The second-order valence-corrected chi connectivity index (χ2v) is 6.38. The summed E-state index contributed by atoms with van der Waals surface area (Å²) in [5.41, 5.74) is 0.247. The lowest BCUT2D eigenvalue weighted by Crippen LogP contribution is -2.47. The molecule has 0 aliphatic heterocycles. The topological polar surface area (TPSA) is 82.3 Å². The Hall–Kier alpha value is -2.11. The molecule has 4 atom stereocenters. The maximum absolute atomic E-state index is 12.2. The van der Waals surface area contributed by atoms with E-state index in [0.29, 0.717) is 16.6 Å². The predicted molar refractivity (Wildman–Crippen MR) is 84.4 cm³/mol. The van der Waals surface area contributed by atoms with E-state index in [-0.39, 0.29) is 17.5 Å². The summed E-state index contributed by atoms with van der Waals surface area (Å²) in [6.07, 6.45) is 4.81. The fraction of sp³-hybridized carbons (Fsp3) is 0.588. The van der Waals surface area contributed by atoms with Crippen LogP contribution in [-0.2, 0) is 9.53 Å². The van der Waals surface area contributed by atoms with Crippen LogP contribution in [0.15, 0.2) is 24.5 Å². The van der Waals surface area contributed by atoms with E-state index in [1.54, 1.807) is 6.92 Å². The van der Waals surface area contributed by atoms with Crippen LogP contribution in [0.3, 0.4) is 0 Å². The number of rotatable bonds is 4. The molecular formula is C17H24N2O4. The molecule has 0 spiro atoms. The second kappa shape index (κ2) is 7.44. The predicted octanol–water partition coefficient (Wildman–Crippen LogP) is 1.81. The van der Waals surface area contributed by atoms with Gasteiger partial charge >= 0.3 is 5.97 Å². The van der Waals surface area contributed by atoms with Gasteiger partial charge in [0, 0.05) is 18.2 Å². The minimum absolute atomic E-state index is 0.128.